The minimum absolute atomic E-state index is 0.0417. The van der Waals surface area contributed by atoms with E-state index in [9.17, 15) is 4.39 Å². The lowest BCUT2D eigenvalue weighted by Gasteiger charge is -2.38. The van der Waals surface area contributed by atoms with Gasteiger partial charge in [0.15, 0.2) is 5.11 Å². The molecule has 0 spiro atoms. The summed E-state index contributed by atoms with van der Waals surface area (Å²) >= 11 is 5.77. The largest absolute Gasteiger partial charge is 0.361 e. The third kappa shape index (κ3) is 6.56. The Balaban J connectivity index is 1.32. The van der Waals surface area contributed by atoms with Crippen LogP contribution < -0.4 is 20.4 Å². The predicted octanol–water partition coefficient (Wildman–Crippen LogP) is 6.28. The summed E-state index contributed by atoms with van der Waals surface area (Å²) < 4.78 is 13.6. The molecule has 1 saturated carbocycles. The number of piperidine rings is 2. The molecule has 1 atom stereocenters. The maximum Gasteiger partial charge on any atom is 0.232 e. The summed E-state index contributed by atoms with van der Waals surface area (Å²) in [5.74, 6) is 3.77. The Labute approximate surface area is 232 Å². The van der Waals surface area contributed by atoms with Gasteiger partial charge in [-0.1, -0.05) is 45.2 Å². The lowest BCUT2D eigenvalue weighted by Crippen LogP contribution is -2.43. The van der Waals surface area contributed by atoms with Gasteiger partial charge in [-0.15, -0.1) is 0 Å². The number of hydrogen-bond donors (Lipinski definition) is 2. The fourth-order valence-corrected chi connectivity index (χ4v) is 6.60. The highest BCUT2D eigenvalue weighted by molar-refractivity contribution is 7.80. The zero-order chi connectivity index (χ0) is 26.5. The summed E-state index contributed by atoms with van der Waals surface area (Å²) in [6.45, 7) is 9.47. The highest BCUT2D eigenvalue weighted by Gasteiger charge is 2.34. The molecule has 3 heterocycles. The molecular weight excluding hydrogens is 495 g/mol. The Morgan fingerprint density at radius 3 is 2.29 bits per heavy atom. The first kappa shape index (κ1) is 27.1. The first-order chi connectivity index (χ1) is 18.4. The zero-order valence-corrected chi connectivity index (χ0v) is 23.8. The van der Waals surface area contributed by atoms with E-state index in [-0.39, 0.29) is 11.2 Å². The quantitative estimate of drug-likeness (QED) is 0.420. The molecule has 1 aliphatic carbocycles. The van der Waals surface area contributed by atoms with Gasteiger partial charge in [0.1, 0.15) is 17.5 Å². The molecule has 2 aromatic rings. The van der Waals surface area contributed by atoms with Gasteiger partial charge in [0.05, 0.1) is 0 Å². The van der Waals surface area contributed by atoms with E-state index in [1.807, 2.05) is 12.1 Å². The zero-order valence-electron chi connectivity index (χ0n) is 23.0. The van der Waals surface area contributed by atoms with Crippen molar-refractivity contribution in [2.45, 2.75) is 77.0 Å². The maximum atomic E-state index is 13.6. The number of rotatable bonds is 6. The van der Waals surface area contributed by atoms with Crippen molar-refractivity contribution < 1.29 is 4.39 Å². The molecule has 38 heavy (non-hydrogen) atoms. The summed E-state index contributed by atoms with van der Waals surface area (Å²) in [7, 11) is 0. The molecule has 6 nitrogen and oxygen atoms in total. The van der Waals surface area contributed by atoms with Crippen molar-refractivity contribution in [2.75, 3.05) is 47.8 Å². The van der Waals surface area contributed by atoms with Crippen molar-refractivity contribution in [3.05, 3.63) is 41.7 Å². The molecule has 2 N–H and O–H groups in total. The Bertz CT molecular complexity index is 1080. The molecule has 2 saturated heterocycles. The smallest absolute Gasteiger partial charge is 0.232 e. The Kier molecular flexibility index (Phi) is 8.66. The standard InChI is InChI=1S/C30H43FN6S/c1-22-12-17-36(18-13-22)26-19-27(37-16-6-7-23(2)20-37)34-28(33-26)35-29(38)32-21-30(14-4-3-5-15-30)24-8-10-25(31)11-9-24/h8-11,19,22-23H,3-7,12-18,20-21H2,1-2H3,(H2,32,33,34,35,38)/t23-/m0/s1. The molecule has 0 radical (unpaired) electrons. The number of aromatic nitrogens is 2. The molecular formula is C30H43FN6S. The van der Waals surface area contributed by atoms with Crippen molar-refractivity contribution in [2.24, 2.45) is 11.8 Å². The third-order valence-corrected chi connectivity index (χ3v) is 9.11. The molecule has 206 valence electrons. The molecule has 8 heteroatoms. The fraction of sp³-hybridized carbons (Fsp3) is 0.633. The first-order valence-corrected chi connectivity index (χ1v) is 15.0. The normalized spacial score (nSPS) is 22.2. The van der Waals surface area contributed by atoms with Gasteiger partial charge in [0.25, 0.3) is 0 Å². The van der Waals surface area contributed by atoms with E-state index in [1.54, 1.807) is 12.1 Å². The van der Waals surface area contributed by atoms with Crippen LogP contribution in [0.1, 0.15) is 77.2 Å². The summed E-state index contributed by atoms with van der Waals surface area (Å²) in [6.07, 6.45) is 10.6. The van der Waals surface area contributed by atoms with Gasteiger partial charge in [0.2, 0.25) is 5.95 Å². The Morgan fingerprint density at radius 1 is 0.921 bits per heavy atom. The van der Waals surface area contributed by atoms with Gasteiger partial charge < -0.3 is 20.4 Å². The van der Waals surface area contributed by atoms with E-state index < -0.39 is 0 Å². The first-order valence-electron chi connectivity index (χ1n) is 14.6. The van der Waals surface area contributed by atoms with Gasteiger partial charge in [0, 0.05) is 44.2 Å². The van der Waals surface area contributed by atoms with Crippen LogP contribution >= 0.6 is 12.2 Å². The van der Waals surface area contributed by atoms with Crippen LogP contribution in [0.2, 0.25) is 0 Å². The summed E-state index contributed by atoms with van der Waals surface area (Å²) in [5, 5.41) is 7.35. The van der Waals surface area contributed by atoms with Crippen molar-refractivity contribution in [3.63, 3.8) is 0 Å². The number of hydrogen-bond acceptors (Lipinski definition) is 5. The molecule has 1 aromatic carbocycles. The predicted molar refractivity (Wildman–Crippen MR) is 159 cm³/mol. The maximum absolute atomic E-state index is 13.6. The third-order valence-electron chi connectivity index (χ3n) is 8.87. The van der Waals surface area contributed by atoms with E-state index >= 15 is 0 Å². The number of nitrogens with one attached hydrogen (secondary N) is 2. The fourth-order valence-electron chi connectivity index (χ4n) is 6.43. The molecule has 3 aliphatic rings. The van der Waals surface area contributed by atoms with Gasteiger partial charge in [-0.25, -0.2) is 4.39 Å². The van der Waals surface area contributed by atoms with E-state index in [2.05, 4.69) is 40.3 Å². The molecule has 1 aromatic heterocycles. The van der Waals surface area contributed by atoms with Crippen LogP contribution in [0.5, 0.6) is 0 Å². The molecule has 5 rings (SSSR count). The molecule has 3 fully saturated rings. The van der Waals surface area contributed by atoms with E-state index in [0.29, 0.717) is 23.5 Å². The number of benzene rings is 1. The number of anilines is 3. The average molecular weight is 539 g/mol. The second-order valence-corrected chi connectivity index (χ2v) is 12.3. The summed E-state index contributed by atoms with van der Waals surface area (Å²) in [6, 6.07) is 9.20. The Hall–Kier alpha value is -2.48. The number of thiocarbonyl (C=S) groups is 1. The second kappa shape index (κ2) is 12.1. The highest BCUT2D eigenvalue weighted by atomic mass is 32.1. The minimum atomic E-state index is -0.191. The van der Waals surface area contributed by atoms with Crippen molar-refractivity contribution >= 4 is 34.9 Å². The van der Waals surface area contributed by atoms with Crippen molar-refractivity contribution in [1.82, 2.24) is 15.3 Å². The van der Waals surface area contributed by atoms with Crippen LogP contribution in [0.25, 0.3) is 0 Å². The second-order valence-electron chi connectivity index (χ2n) is 11.9. The van der Waals surface area contributed by atoms with Crippen molar-refractivity contribution in [3.8, 4) is 0 Å². The summed E-state index contributed by atoms with van der Waals surface area (Å²) in [4.78, 5) is 14.6. The van der Waals surface area contributed by atoms with Crippen molar-refractivity contribution in [1.29, 1.82) is 0 Å². The van der Waals surface area contributed by atoms with Gasteiger partial charge >= 0.3 is 0 Å². The highest BCUT2D eigenvalue weighted by Crippen LogP contribution is 2.39. The van der Waals surface area contributed by atoms with Crippen LogP contribution in [0, 0.1) is 17.7 Å². The molecule has 0 amide bonds. The van der Waals surface area contributed by atoms with Crippen LogP contribution in [0.4, 0.5) is 22.0 Å². The van der Waals surface area contributed by atoms with E-state index in [1.165, 1.54) is 50.5 Å². The van der Waals surface area contributed by atoms with Crippen LogP contribution in [0.3, 0.4) is 0 Å². The topological polar surface area (TPSA) is 56.3 Å². The molecule has 0 bridgehead atoms. The monoisotopic (exact) mass is 538 g/mol. The van der Waals surface area contributed by atoms with E-state index in [0.717, 1.165) is 56.6 Å². The lowest BCUT2D eigenvalue weighted by atomic mass is 9.69. The van der Waals surface area contributed by atoms with E-state index in [4.69, 9.17) is 22.2 Å². The number of nitrogens with zero attached hydrogens (tertiary/aromatic N) is 4. The minimum Gasteiger partial charge on any atom is -0.361 e. The van der Waals surface area contributed by atoms with Crippen LogP contribution in [-0.4, -0.2) is 47.8 Å². The SMILES string of the molecule is CC1CCN(c2cc(N3CCC[C@H](C)C3)nc(NC(=S)NCC3(c4ccc(F)cc4)CCCCC3)n2)CC1. The van der Waals surface area contributed by atoms with Gasteiger partial charge in [-0.2, -0.15) is 9.97 Å². The molecule has 2 aliphatic heterocycles. The van der Waals surface area contributed by atoms with Crippen LogP contribution in [-0.2, 0) is 5.41 Å². The van der Waals surface area contributed by atoms with Gasteiger partial charge in [-0.3, -0.25) is 0 Å². The Morgan fingerprint density at radius 2 is 1.61 bits per heavy atom. The summed E-state index contributed by atoms with van der Waals surface area (Å²) in [5.41, 5.74) is 1.15. The van der Waals surface area contributed by atoms with Gasteiger partial charge in [-0.05, 0) is 80.3 Å². The van der Waals surface area contributed by atoms with Crippen LogP contribution in [0.15, 0.2) is 30.3 Å². The number of halogens is 1. The lowest BCUT2D eigenvalue weighted by molar-refractivity contribution is 0.292. The molecule has 0 unspecified atom stereocenters. The average Bonchev–Trinajstić information content (AvgIpc) is 2.93.